The van der Waals surface area contributed by atoms with Crippen molar-refractivity contribution in [3.63, 3.8) is 0 Å². The lowest BCUT2D eigenvalue weighted by Gasteiger charge is -2.28. The van der Waals surface area contributed by atoms with Crippen LogP contribution in [0.4, 0.5) is 0 Å². The number of nitrogens with one attached hydrogen (secondary N) is 1. The lowest BCUT2D eigenvalue weighted by molar-refractivity contribution is 0.0149. The Labute approximate surface area is 162 Å². The molecule has 1 aromatic carbocycles. The van der Waals surface area contributed by atoms with E-state index < -0.39 is 0 Å². The van der Waals surface area contributed by atoms with Crippen LogP contribution in [0.25, 0.3) is 0 Å². The zero-order chi connectivity index (χ0) is 19.2. The Morgan fingerprint density at radius 3 is 2.56 bits per heavy atom. The van der Waals surface area contributed by atoms with Crippen LogP contribution in [-0.2, 0) is 17.8 Å². The van der Waals surface area contributed by atoms with Gasteiger partial charge in [0.1, 0.15) is 0 Å². The van der Waals surface area contributed by atoms with Gasteiger partial charge < -0.3 is 15.2 Å². The molecule has 0 bridgehead atoms. The number of aromatic nitrogens is 2. The molecule has 0 aliphatic carbocycles. The lowest BCUT2D eigenvalue weighted by Crippen LogP contribution is -2.43. The number of aliphatic hydroxyl groups is 1. The number of hydrogen-bond donors (Lipinski definition) is 2. The highest BCUT2D eigenvalue weighted by Crippen LogP contribution is 2.15. The Morgan fingerprint density at radius 1 is 1.15 bits per heavy atom. The molecule has 0 amide bonds. The van der Waals surface area contributed by atoms with Gasteiger partial charge >= 0.3 is 0 Å². The predicted octanol–water partition coefficient (Wildman–Crippen LogP) is 1.64. The number of hydrogen-bond acceptors (Lipinski definition) is 5. The van der Waals surface area contributed by atoms with Crippen molar-refractivity contribution in [3.05, 3.63) is 52.3 Å². The molecule has 1 fully saturated rings. The van der Waals surface area contributed by atoms with E-state index in [9.17, 15) is 5.11 Å². The molecule has 2 N–H and O–H groups in total. The summed E-state index contributed by atoms with van der Waals surface area (Å²) in [4.78, 5) is 2.26. The average molecular weight is 373 g/mol. The average Bonchev–Trinajstić information content (AvgIpc) is 2.92. The Kier molecular flexibility index (Phi) is 7.01. The third-order valence-corrected chi connectivity index (χ3v) is 5.24. The van der Waals surface area contributed by atoms with Gasteiger partial charge in [0.15, 0.2) is 0 Å². The maximum atomic E-state index is 10.3. The first-order valence-corrected chi connectivity index (χ1v) is 9.80. The van der Waals surface area contributed by atoms with E-state index in [-0.39, 0.29) is 6.10 Å². The van der Waals surface area contributed by atoms with Crippen LogP contribution < -0.4 is 5.32 Å². The number of β-amino-alcohol motifs (C(OH)–C–C–N with tert-alkyl or cyclic N) is 1. The maximum Gasteiger partial charge on any atom is 0.0791 e. The van der Waals surface area contributed by atoms with Crippen molar-refractivity contribution >= 4 is 0 Å². The second kappa shape index (κ2) is 9.46. The number of rotatable bonds is 8. The number of aliphatic hydroxyl groups excluding tert-OH is 1. The van der Waals surface area contributed by atoms with Crippen molar-refractivity contribution in [2.75, 3.05) is 39.4 Å². The summed E-state index contributed by atoms with van der Waals surface area (Å²) in [6.45, 7) is 12.4. The molecule has 0 spiro atoms. The summed E-state index contributed by atoms with van der Waals surface area (Å²) >= 11 is 0. The molecule has 27 heavy (non-hydrogen) atoms. The SMILES string of the molecule is Cc1ccc(Cn2nc(C)c(CNC[C@H](O)CN3CCOCC3)c2C)cc1. The summed E-state index contributed by atoms with van der Waals surface area (Å²) in [5.41, 5.74) is 5.98. The minimum atomic E-state index is -0.369. The highest BCUT2D eigenvalue weighted by Gasteiger charge is 2.16. The van der Waals surface area contributed by atoms with Crippen LogP contribution >= 0.6 is 0 Å². The van der Waals surface area contributed by atoms with Gasteiger partial charge in [0, 0.05) is 44.0 Å². The minimum absolute atomic E-state index is 0.369. The van der Waals surface area contributed by atoms with Gasteiger partial charge in [0.25, 0.3) is 0 Å². The van der Waals surface area contributed by atoms with Crippen molar-refractivity contribution in [1.29, 1.82) is 0 Å². The number of aryl methyl sites for hydroxylation is 2. The van der Waals surface area contributed by atoms with E-state index in [1.807, 2.05) is 0 Å². The third-order valence-electron chi connectivity index (χ3n) is 5.24. The molecule has 0 radical (unpaired) electrons. The monoisotopic (exact) mass is 372 g/mol. The fourth-order valence-electron chi connectivity index (χ4n) is 3.52. The highest BCUT2D eigenvalue weighted by atomic mass is 16.5. The predicted molar refractivity (Wildman–Crippen MR) is 107 cm³/mol. The summed E-state index contributed by atoms with van der Waals surface area (Å²) in [5, 5.41) is 18.4. The second-order valence-corrected chi connectivity index (χ2v) is 7.49. The van der Waals surface area contributed by atoms with Crippen LogP contribution in [0.2, 0.25) is 0 Å². The van der Waals surface area contributed by atoms with E-state index in [2.05, 4.69) is 59.9 Å². The summed E-state index contributed by atoms with van der Waals surface area (Å²) in [6.07, 6.45) is -0.369. The van der Waals surface area contributed by atoms with Crippen molar-refractivity contribution in [3.8, 4) is 0 Å². The van der Waals surface area contributed by atoms with E-state index >= 15 is 0 Å². The zero-order valence-corrected chi connectivity index (χ0v) is 16.7. The van der Waals surface area contributed by atoms with Crippen LogP contribution in [0.5, 0.6) is 0 Å². The molecule has 0 saturated carbocycles. The molecule has 1 aliphatic heterocycles. The Balaban J connectivity index is 1.51. The fraction of sp³-hybridized carbons (Fsp3) is 0.571. The topological polar surface area (TPSA) is 62.5 Å². The van der Waals surface area contributed by atoms with Crippen LogP contribution in [0.15, 0.2) is 24.3 Å². The number of benzene rings is 1. The van der Waals surface area contributed by atoms with Crippen LogP contribution in [0, 0.1) is 20.8 Å². The molecule has 2 aromatic rings. The third kappa shape index (κ3) is 5.62. The number of nitrogens with zero attached hydrogens (tertiary/aromatic N) is 3. The molecule has 1 aliphatic rings. The molecule has 6 nitrogen and oxygen atoms in total. The van der Waals surface area contributed by atoms with Crippen LogP contribution in [-0.4, -0.2) is 65.3 Å². The van der Waals surface area contributed by atoms with Crippen LogP contribution in [0.3, 0.4) is 0 Å². The van der Waals surface area contributed by atoms with Crippen molar-refractivity contribution in [1.82, 2.24) is 20.0 Å². The molecule has 1 saturated heterocycles. The van der Waals surface area contributed by atoms with Gasteiger partial charge in [-0.3, -0.25) is 9.58 Å². The minimum Gasteiger partial charge on any atom is -0.390 e. The lowest BCUT2D eigenvalue weighted by atomic mass is 10.1. The smallest absolute Gasteiger partial charge is 0.0791 e. The van der Waals surface area contributed by atoms with E-state index in [1.165, 1.54) is 22.4 Å². The first-order valence-electron chi connectivity index (χ1n) is 9.80. The maximum absolute atomic E-state index is 10.3. The Bertz CT molecular complexity index is 721. The molecule has 1 aromatic heterocycles. The van der Waals surface area contributed by atoms with Crippen LogP contribution in [0.1, 0.15) is 28.1 Å². The summed E-state index contributed by atoms with van der Waals surface area (Å²) < 4.78 is 7.42. The van der Waals surface area contributed by atoms with Gasteiger partial charge in [-0.15, -0.1) is 0 Å². The number of morpholine rings is 1. The van der Waals surface area contributed by atoms with E-state index in [0.29, 0.717) is 13.1 Å². The quantitative estimate of drug-likeness (QED) is 0.738. The van der Waals surface area contributed by atoms with Gasteiger partial charge in [-0.1, -0.05) is 29.8 Å². The normalized spacial score (nSPS) is 16.6. The highest BCUT2D eigenvalue weighted by molar-refractivity contribution is 5.27. The largest absolute Gasteiger partial charge is 0.390 e. The summed E-state index contributed by atoms with van der Waals surface area (Å²) in [6, 6.07) is 8.59. The van der Waals surface area contributed by atoms with Crippen molar-refractivity contribution in [2.24, 2.45) is 0 Å². The van der Waals surface area contributed by atoms with Gasteiger partial charge in [0.05, 0.1) is 31.6 Å². The molecule has 3 rings (SSSR count). The summed E-state index contributed by atoms with van der Waals surface area (Å²) in [5.74, 6) is 0. The molecular weight excluding hydrogens is 340 g/mol. The number of ether oxygens (including phenoxy) is 1. The van der Waals surface area contributed by atoms with Crippen molar-refractivity contribution in [2.45, 2.75) is 40.0 Å². The molecule has 148 valence electrons. The van der Waals surface area contributed by atoms with Crippen molar-refractivity contribution < 1.29 is 9.84 Å². The van der Waals surface area contributed by atoms with Gasteiger partial charge in [0.2, 0.25) is 0 Å². The standard InChI is InChI=1S/C21H32N4O2/c1-16-4-6-19(7-5-16)14-25-18(3)21(17(2)23-25)13-22-12-20(26)15-24-8-10-27-11-9-24/h4-7,20,22,26H,8-15H2,1-3H3/t20-/m0/s1. The first kappa shape index (κ1) is 20.0. The second-order valence-electron chi connectivity index (χ2n) is 7.49. The van der Waals surface area contributed by atoms with Gasteiger partial charge in [-0.2, -0.15) is 5.10 Å². The zero-order valence-electron chi connectivity index (χ0n) is 16.7. The first-order chi connectivity index (χ1) is 13.0. The Hall–Kier alpha value is -1.73. The van der Waals surface area contributed by atoms with E-state index in [1.54, 1.807) is 0 Å². The van der Waals surface area contributed by atoms with Gasteiger partial charge in [-0.05, 0) is 26.3 Å². The molecule has 0 unspecified atom stereocenters. The van der Waals surface area contributed by atoms with E-state index in [0.717, 1.165) is 45.1 Å². The molecular formula is C21H32N4O2. The van der Waals surface area contributed by atoms with E-state index in [4.69, 9.17) is 9.84 Å². The summed E-state index contributed by atoms with van der Waals surface area (Å²) in [7, 11) is 0. The fourth-order valence-corrected chi connectivity index (χ4v) is 3.52. The van der Waals surface area contributed by atoms with Gasteiger partial charge in [-0.25, -0.2) is 0 Å². The molecule has 2 heterocycles. The molecule has 1 atom stereocenters. The Morgan fingerprint density at radius 2 is 1.85 bits per heavy atom. The molecule has 6 heteroatoms.